The molecule has 90 valence electrons. The van der Waals surface area contributed by atoms with Gasteiger partial charge in [-0.2, -0.15) is 0 Å². The van der Waals surface area contributed by atoms with Gasteiger partial charge in [-0.1, -0.05) is 13.8 Å². The molecule has 1 aromatic rings. The monoisotopic (exact) mass is 223 g/mol. The van der Waals surface area contributed by atoms with Gasteiger partial charge in [-0.05, 0) is 26.2 Å². The van der Waals surface area contributed by atoms with Crippen LogP contribution in [0.1, 0.15) is 34.1 Å². The molecular formula is C12H21N3O. The van der Waals surface area contributed by atoms with E-state index in [1.165, 1.54) is 6.33 Å². The summed E-state index contributed by atoms with van der Waals surface area (Å²) < 4.78 is 5.72. The van der Waals surface area contributed by atoms with E-state index in [1.54, 1.807) is 0 Å². The van der Waals surface area contributed by atoms with Crippen LogP contribution in [0.2, 0.25) is 0 Å². The molecule has 0 amide bonds. The Morgan fingerprint density at radius 2 is 2.06 bits per heavy atom. The number of rotatable bonds is 6. The summed E-state index contributed by atoms with van der Waals surface area (Å²) in [6.45, 7) is 9.31. The van der Waals surface area contributed by atoms with Gasteiger partial charge in [-0.25, -0.2) is 9.97 Å². The third-order valence-electron chi connectivity index (χ3n) is 2.13. The zero-order valence-electron chi connectivity index (χ0n) is 10.5. The van der Waals surface area contributed by atoms with Gasteiger partial charge in [0.15, 0.2) is 0 Å². The number of hydrogen-bond donors (Lipinski definition) is 1. The fourth-order valence-electron chi connectivity index (χ4n) is 1.60. The van der Waals surface area contributed by atoms with E-state index in [4.69, 9.17) is 4.74 Å². The molecule has 1 N–H and O–H groups in total. The maximum Gasteiger partial charge on any atom is 0.218 e. The first-order valence-corrected chi connectivity index (χ1v) is 5.84. The SMILES string of the molecule is CCNc1cc(OC(C)CC(C)C)ncn1. The molecule has 1 unspecified atom stereocenters. The highest BCUT2D eigenvalue weighted by atomic mass is 16.5. The van der Waals surface area contributed by atoms with Crippen molar-refractivity contribution in [1.82, 2.24) is 9.97 Å². The summed E-state index contributed by atoms with van der Waals surface area (Å²) in [6, 6.07) is 1.83. The minimum Gasteiger partial charge on any atom is -0.475 e. The minimum atomic E-state index is 0.185. The molecule has 0 bridgehead atoms. The highest BCUT2D eigenvalue weighted by Crippen LogP contribution is 2.15. The summed E-state index contributed by atoms with van der Waals surface area (Å²) in [5.74, 6) is 2.08. The number of aromatic nitrogens is 2. The predicted molar refractivity (Wildman–Crippen MR) is 65.7 cm³/mol. The average molecular weight is 223 g/mol. The van der Waals surface area contributed by atoms with Crippen molar-refractivity contribution in [2.45, 2.75) is 40.2 Å². The molecule has 1 aromatic heterocycles. The van der Waals surface area contributed by atoms with Crippen LogP contribution in [0.3, 0.4) is 0 Å². The van der Waals surface area contributed by atoms with Crippen LogP contribution < -0.4 is 10.1 Å². The molecule has 16 heavy (non-hydrogen) atoms. The van der Waals surface area contributed by atoms with Gasteiger partial charge >= 0.3 is 0 Å². The number of hydrogen-bond acceptors (Lipinski definition) is 4. The third-order valence-corrected chi connectivity index (χ3v) is 2.13. The quantitative estimate of drug-likeness (QED) is 0.805. The van der Waals surface area contributed by atoms with E-state index in [0.717, 1.165) is 18.8 Å². The van der Waals surface area contributed by atoms with Crippen molar-refractivity contribution in [3.05, 3.63) is 12.4 Å². The molecule has 1 rings (SSSR count). The lowest BCUT2D eigenvalue weighted by molar-refractivity contribution is 0.185. The van der Waals surface area contributed by atoms with E-state index in [9.17, 15) is 0 Å². The highest BCUT2D eigenvalue weighted by Gasteiger charge is 2.08. The lowest BCUT2D eigenvalue weighted by Gasteiger charge is -2.15. The Morgan fingerprint density at radius 1 is 1.31 bits per heavy atom. The van der Waals surface area contributed by atoms with Gasteiger partial charge in [0.2, 0.25) is 5.88 Å². The molecule has 4 heteroatoms. The van der Waals surface area contributed by atoms with Gasteiger partial charge in [0.1, 0.15) is 12.1 Å². The standard InChI is InChI=1S/C12H21N3O/c1-5-13-11-7-12(15-8-14-11)16-10(4)6-9(2)3/h7-10H,5-6H2,1-4H3,(H,13,14,15). The van der Waals surface area contributed by atoms with Crippen molar-refractivity contribution in [3.8, 4) is 5.88 Å². The smallest absolute Gasteiger partial charge is 0.218 e. The number of nitrogens with zero attached hydrogens (tertiary/aromatic N) is 2. The lowest BCUT2D eigenvalue weighted by Crippen LogP contribution is -2.15. The van der Waals surface area contributed by atoms with Crippen LogP contribution >= 0.6 is 0 Å². The summed E-state index contributed by atoms with van der Waals surface area (Å²) in [5, 5.41) is 3.13. The van der Waals surface area contributed by atoms with E-state index in [0.29, 0.717) is 11.8 Å². The summed E-state index contributed by atoms with van der Waals surface area (Å²) in [7, 11) is 0. The maximum absolute atomic E-state index is 5.72. The van der Waals surface area contributed by atoms with Crippen LogP contribution in [0, 0.1) is 5.92 Å². The Hall–Kier alpha value is -1.32. The van der Waals surface area contributed by atoms with Crippen molar-refractivity contribution in [2.75, 3.05) is 11.9 Å². The molecule has 0 aliphatic heterocycles. The lowest BCUT2D eigenvalue weighted by atomic mass is 10.1. The van der Waals surface area contributed by atoms with E-state index in [-0.39, 0.29) is 6.10 Å². The van der Waals surface area contributed by atoms with E-state index < -0.39 is 0 Å². The molecule has 0 saturated carbocycles. The number of anilines is 1. The van der Waals surface area contributed by atoms with E-state index in [2.05, 4.69) is 36.1 Å². The predicted octanol–water partition coefficient (Wildman–Crippen LogP) is 2.72. The summed E-state index contributed by atoms with van der Waals surface area (Å²) in [6.07, 6.45) is 2.74. The normalized spacial score (nSPS) is 12.6. The van der Waals surface area contributed by atoms with E-state index >= 15 is 0 Å². The van der Waals surface area contributed by atoms with Crippen molar-refractivity contribution in [3.63, 3.8) is 0 Å². The summed E-state index contributed by atoms with van der Waals surface area (Å²) in [5.41, 5.74) is 0. The maximum atomic E-state index is 5.72. The second-order valence-electron chi connectivity index (χ2n) is 4.33. The second kappa shape index (κ2) is 6.30. The zero-order valence-corrected chi connectivity index (χ0v) is 10.5. The van der Waals surface area contributed by atoms with Crippen LogP contribution in [0.4, 0.5) is 5.82 Å². The Labute approximate surface area is 97.5 Å². The van der Waals surface area contributed by atoms with Gasteiger partial charge in [-0.15, -0.1) is 0 Å². The molecule has 0 spiro atoms. The molecule has 0 aromatic carbocycles. The van der Waals surface area contributed by atoms with Crippen molar-refractivity contribution < 1.29 is 4.74 Å². The summed E-state index contributed by atoms with van der Waals surface area (Å²) in [4.78, 5) is 8.19. The van der Waals surface area contributed by atoms with Gasteiger partial charge in [0.25, 0.3) is 0 Å². The number of nitrogens with one attached hydrogen (secondary N) is 1. The van der Waals surface area contributed by atoms with Crippen molar-refractivity contribution >= 4 is 5.82 Å². The molecule has 4 nitrogen and oxygen atoms in total. The molecule has 0 fully saturated rings. The zero-order chi connectivity index (χ0) is 12.0. The molecule has 0 saturated heterocycles. The molecule has 0 radical (unpaired) electrons. The van der Waals surface area contributed by atoms with Gasteiger partial charge in [-0.3, -0.25) is 0 Å². The second-order valence-corrected chi connectivity index (χ2v) is 4.33. The van der Waals surface area contributed by atoms with Crippen LogP contribution in [0.25, 0.3) is 0 Å². The van der Waals surface area contributed by atoms with Crippen molar-refractivity contribution in [2.24, 2.45) is 5.92 Å². The van der Waals surface area contributed by atoms with Gasteiger partial charge in [0.05, 0.1) is 6.10 Å². The molecule has 0 aliphatic carbocycles. The Kier molecular flexibility index (Phi) is 5.02. The van der Waals surface area contributed by atoms with E-state index in [1.807, 2.05) is 13.0 Å². The fraction of sp³-hybridized carbons (Fsp3) is 0.667. The van der Waals surface area contributed by atoms with Crippen LogP contribution in [-0.4, -0.2) is 22.6 Å². The third kappa shape index (κ3) is 4.47. The molecule has 0 aliphatic rings. The topological polar surface area (TPSA) is 47.0 Å². The first-order valence-electron chi connectivity index (χ1n) is 5.84. The Balaban J connectivity index is 2.55. The number of ether oxygens (including phenoxy) is 1. The summed E-state index contributed by atoms with van der Waals surface area (Å²) >= 11 is 0. The Bertz CT molecular complexity index is 315. The van der Waals surface area contributed by atoms with Gasteiger partial charge in [0, 0.05) is 12.6 Å². The van der Waals surface area contributed by atoms with Crippen LogP contribution in [0.5, 0.6) is 5.88 Å². The molecule has 1 atom stereocenters. The fourth-order valence-corrected chi connectivity index (χ4v) is 1.60. The largest absolute Gasteiger partial charge is 0.475 e. The van der Waals surface area contributed by atoms with Crippen LogP contribution in [0.15, 0.2) is 12.4 Å². The molecule has 1 heterocycles. The van der Waals surface area contributed by atoms with Gasteiger partial charge < -0.3 is 10.1 Å². The van der Waals surface area contributed by atoms with Crippen LogP contribution in [-0.2, 0) is 0 Å². The highest BCUT2D eigenvalue weighted by molar-refractivity contribution is 5.36. The molecular weight excluding hydrogens is 202 g/mol. The first kappa shape index (κ1) is 12.7. The first-order chi connectivity index (χ1) is 7.61. The average Bonchev–Trinajstić information content (AvgIpc) is 2.17. The Morgan fingerprint density at radius 3 is 2.69 bits per heavy atom. The minimum absolute atomic E-state index is 0.185. The van der Waals surface area contributed by atoms with Crippen molar-refractivity contribution in [1.29, 1.82) is 0 Å².